The van der Waals surface area contributed by atoms with E-state index in [-0.39, 0.29) is 0 Å². The van der Waals surface area contributed by atoms with Crippen molar-refractivity contribution in [1.29, 1.82) is 0 Å². The molecule has 15 heavy (non-hydrogen) atoms. The Bertz CT molecular complexity index is 229. The van der Waals surface area contributed by atoms with Gasteiger partial charge in [0.25, 0.3) is 0 Å². The van der Waals surface area contributed by atoms with E-state index in [2.05, 4.69) is 44.4 Å². The molecule has 0 aromatic rings. The molecule has 0 atom stereocenters. The SMILES string of the molecule is CC(C)(C)C1CN(C(C)(C)N2CCC2)C1. The van der Waals surface area contributed by atoms with Crippen LogP contribution in [0.25, 0.3) is 0 Å². The van der Waals surface area contributed by atoms with Crippen LogP contribution in [-0.4, -0.2) is 41.6 Å². The molecule has 0 spiro atoms. The van der Waals surface area contributed by atoms with Crippen molar-refractivity contribution in [2.45, 2.75) is 46.7 Å². The zero-order valence-corrected chi connectivity index (χ0v) is 11.0. The van der Waals surface area contributed by atoms with Crippen LogP contribution >= 0.6 is 0 Å². The molecule has 2 fully saturated rings. The summed E-state index contributed by atoms with van der Waals surface area (Å²) in [6, 6.07) is 0. The molecule has 0 bridgehead atoms. The molecule has 2 heterocycles. The molecule has 2 saturated heterocycles. The lowest BCUT2D eigenvalue weighted by Gasteiger charge is -2.58. The highest BCUT2D eigenvalue weighted by molar-refractivity contribution is 4.96. The summed E-state index contributed by atoms with van der Waals surface area (Å²) in [6.45, 7) is 17.0. The van der Waals surface area contributed by atoms with Crippen molar-refractivity contribution < 1.29 is 0 Å². The number of hydrogen-bond acceptors (Lipinski definition) is 2. The zero-order chi connectivity index (χ0) is 11.3. The maximum absolute atomic E-state index is 2.64. The molecular weight excluding hydrogens is 184 g/mol. The van der Waals surface area contributed by atoms with E-state index in [9.17, 15) is 0 Å². The van der Waals surface area contributed by atoms with Crippen LogP contribution in [0.5, 0.6) is 0 Å². The largest absolute Gasteiger partial charge is 0.286 e. The Morgan fingerprint density at radius 3 is 1.73 bits per heavy atom. The van der Waals surface area contributed by atoms with Gasteiger partial charge in [0.15, 0.2) is 0 Å². The zero-order valence-electron chi connectivity index (χ0n) is 11.0. The number of likely N-dealkylation sites (tertiary alicyclic amines) is 2. The van der Waals surface area contributed by atoms with Gasteiger partial charge in [-0.2, -0.15) is 0 Å². The van der Waals surface area contributed by atoms with E-state index >= 15 is 0 Å². The fourth-order valence-electron chi connectivity index (χ4n) is 2.54. The second-order valence-corrected chi connectivity index (χ2v) is 6.80. The first-order valence-electron chi connectivity index (χ1n) is 6.32. The summed E-state index contributed by atoms with van der Waals surface area (Å²) in [4.78, 5) is 5.24. The second-order valence-electron chi connectivity index (χ2n) is 6.80. The molecule has 0 aliphatic carbocycles. The molecule has 2 rings (SSSR count). The van der Waals surface area contributed by atoms with Crippen LogP contribution in [0.15, 0.2) is 0 Å². The van der Waals surface area contributed by atoms with Gasteiger partial charge in [0.2, 0.25) is 0 Å². The van der Waals surface area contributed by atoms with Crippen LogP contribution in [0.2, 0.25) is 0 Å². The summed E-state index contributed by atoms with van der Waals surface area (Å²) in [6.07, 6.45) is 1.39. The van der Waals surface area contributed by atoms with Crippen molar-refractivity contribution in [1.82, 2.24) is 9.80 Å². The van der Waals surface area contributed by atoms with Gasteiger partial charge in [0, 0.05) is 26.2 Å². The van der Waals surface area contributed by atoms with Gasteiger partial charge in [-0.05, 0) is 31.6 Å². The van der Waals surface area contributed by atoms with Crippen LogP contribution in [0.3, 0.4) is 0 Å². The molecule has 0 unspecified atom stereocenters. The summed E-state index contributed by atoms with van der Waals surface area (Å²) in [5.41, 5.74) is 0.793. The fourth-order valence-corrected chi connectivity index (χ4v) is 2.54. The first kappa shape index (κ1) is 11.4. The lowest BCUT2D eigenvalue weighted by molar-refractivity contribution is -0.134. The highest BCUT2D eigenvalue weighted by atomic mass is 15.4. The summed E-state index contributed by atoms with van der Waals surface area (Å²) >= 11 is 0. The molecule has 0 aromatic heterocycles. The Balaban J connectivity index is 1.88. The van der Waals surface area contributed by atoms with Gasteiger partial charge in [-0.3, -0.25) is 9.80 Å². The summed E-state index contributed by atoms with van der Waals surface area (Å²) in [5.74, 6) is 0.887. The average molecular weight is 210 g/mol. The highest BCUT2D eigenvalue weighted by Crippen LogP contribution is 2.39. The van der Waals surface area contributed by atoms with Gasteiger partial charge in [-0.15, -0.1) is 0 Å². The molecule has 0 aromatic carbocycles. The fraction of sp³-hybridized carbons (Fsp3) is 1.00. The standard InChI is InChI=1S/C13H26N2/c1-12(2,3)11-9-15(10-11)13(4,5)14-7-6-8-14/h11H,6-10H2,1-5H3. The lowest BCUT2D eigenvalue weighted by atomic mass is 9.75. The predicted octanol–water partition coefficient (Wildman–Crippen LogP) is 2.41. The van der Waals surface area contributed by atoms with Crippen molar-refractivity contribution in [3.8, 4) is 0 Å². The van der Waals surface area contributed by atoms with Crippen LogP contribution < -0.4 is 0 Å². The van der Waals surface area contributed by atoms with Crippen molar-refractivity contribution >= 4 is 0 Å². The minimum absolute atomic E-state index is 0.306. The Morgan fingerprint density at radius 1 is 0.867 bits per heavy atom. The molecule has 2 aliphatic rings. The van der Waals surface area contributed by atoms with Gasteiger partial charge < -0.3 is 0 Å². The van der Waals surface area contributed by atoms with Gasteiger partial charge in [-0.1, -0.05) is 20.8 Å². The summed E-state index contributed by atoms with van der Waals surface area (Å²) in [5, 5.41) is 0. The molecule has 2 aliphatic heterocycles. The number of rotatable bonds is 2. The normalized spacial score (nSPS) is 26.2. The maximum atomic E-state index is 2.64. The van der Waals surface area contributed by atoms with Crippen LogP contribution in [0, 0.1) is 11.3 Å². The molecule has 0 amide bonds. The van der Waals surface area contributed by atoms with Gasteiger partial charge >= 0.3 is 0 Å². The smallest absolute Gasteiger partial charge is 0.0679 e. The third-order valence-corrected chi connectivity index (χ3v) is 4.51. The van der Waals surface area contributed by atoms with Crippen LogP contribution in [0.1, 0.15) is 41.0 Å². The maximum Gasteiger partial charge on any atom is 0.0679 e. The first-order valence-corrected chi connectivity index (χ1v) is 6.32. The van der Waals surface area contributed by atoms with Crippen molar-refractivity contribution in [3.63, 3.8) is 0 Å². The summed E-state index contributed by atoms with van der Waals surface area (Å²) < 4.78 is 0. The molecule has 2 nitrogen and oxygen atoms in total. The van der Waals surface area contributed by atoms with E-state index in [4.69, 9.17) is 0 Å². The Morgan fingerprint density at radius 2 is 1.40 bits per heavy atom. The van der Waals surface area contributed by atoms with E-state index in [1.54, 1.807) is 0 Å². The first-order chi connectivity index (χ1) is 6.82. The highest BCUT2D eigenvalue weighted by Gasteiger charge is 2.45. The van der Waals surface area contributed by atoms with E-state index in [1.807, 2.05) is 0 Å². The topological polar surface area (TPSA) is 6.48 Å². The molecular formula is C13H26N2. The Kier molecular flexibility index (Phi) is 2.63. The lowest BCUT2D eigenvalue weighted by Crippen LogP contribution is -2.68. The van der Waals surface area contributed by atoms with Crippen LogP contribution in [-0.2, 0) is 0 Å². The number of hydrogen-bond donors (Lipinski definition) is 0. The van der Waals surface area contributed by atoms with Crippen molar-refractivity contribution in [2.75, 3.05) is 26.2 Å². The second kappa shape index (κ2) is 3.46. The predicted molar refractivity (Wildman–Crippen MR) is 64.8 cm³/mol. The molecule has 0 radical (unpaired) electrons. The minimum Gasteiger partial charge on any atom is -0.286 e. The summed E-state index contributed by atoms with van der Waals surface area (Å²) in [7, 11) is 0. The monoisotopic (exact) mass is 210 g/mol. The molecule has 0 saturated carbocycles. The quantitative estimate of drug-likeness (QED) is 0.690. The minimum atomic E-state index is 0.306. The van der Waals surface area contributed by atoms with Crippen molar-refractivity contribution in [2.24, 2.45) is 11.3 Å². The van der Waals surface area contributed by atoms with E-state index in [1.165, 1.54) is 32.6 Å². The van der Waals surface area contributed by atoms with Crippen molar-refractivity contribution in [3.05, 3.63) is 0 Å². The number of nitrogens with zero attached hydrogens (tertiary/aromatic N) is 2. The Labute approximate surface area is 94.6 Å². The third kappa shape index (κ3) is 1.94. The molecule has 2 heteroatoms. The third-order valence-electron chi connectivity index (χ3n) is 4.51. The van der Waals surface area contributed by atoms with E-state index < -0.39 is 0 Å². The van der Waals surface area contributed by atoms with Crippen LogP contribution in [0.4, 0.5) is 0 Å². The van der Waals surface area contributed by atoms with Gasteiger partial charge in [0.05, 0.1) is 5.66 Å². The van der Waals surface area contributed by atoms with E-state index in [0.717, 1.165) is 5.92 Å². The average Bonchev–Trinajstić information content (AvgIpc) is 1.69. The Hall–Kier alpha value is -0.0800. The molecule has 88 valence electrons. The van der Waals surface area contributed by atoms with Gasteiger partial charge in [-0.25, -0.2) is 0 Å². The molecule has 0 N–H and O–H groups in total. The van der Waals surface area contributed by atoms with Gasteiger partial charge in [0.1, 0.15) is 0 Å². The van der Waals surface area contributed by atoms with E-state index in [0.29, 0.717) is 11.1 Å².